The molecule has 0 spiro atoms. The lowest BCUT2D eigenvalue weighted by Crippen LogP contribution is -2.08. The topological polar surface area (TPSA) is 26.3 Å². The Hall–Kier alpha value is -2.87. The van der Waals surface area contributed by atoms with Crippen molar-refractivity contribution < 1.29 is 9.53 Å². The maximum absolute atomic E-state index is 12.5. The summed E-state index contributed by atoms with van der Waals surface area (Å²) in [5.74, 6) is 0.966. The summed E-state index contributed by atoms with van der Waals surface area (Å²) in [6.07, 6.45) is 7.04. The summed E-state index contributed by atoms with van der Waals surface area (Å²) in [5, 5.41) is 0. The second kappa shape index (κ2) is 11.5. The molecule has 0 N–H and O–H groups in total. The first-order chi connectivity index (χ1) is 15.1. The fourth-order valence-corrected chi connectivity index (χ4v) is 3.65. The zero-order valence-corrected chi connectivity index (χ0v) is 19.1. The van der Waals surface area contributed by atoms with Gasteiger partial charge in [-0.3, -0.25) is 0 Å². The summed E-state index contributed by atoms with van der Waals surface area (Å²) >= 11 is 0. The van der Waals surface area contributed by atoms with Gasteiger partial charge in [-0.2, -0.15) is 0 Å². The molecule has 0 aliphatic rings. The Morgan fingerprint density at radius 3 is 1.94 bits per heavy atom. The van der Waals surface area contributed by atoms with E-state index in [0.29, 0.717) is 17.2 Å². The van der Waals surface area contributed by atoms with Gasteiger partial charge in [0, 0.05) is 0 Å². The molecule has 31 heavy (non-hydrogen) atoms. The van der Waals surface area contributed by atoms with Gasteiger partial charge < -0.3 is 4.74 Å². The first-order valence-electron chi connectivity index (χ1n) is 11.6. The minimum absolute atomic E-state index is 0.325. The number of carbonyl (C=O) groups is 1. The van der Waals surface area contributed by atoms with Crippen LogP contribution in [-0.2, 0) is 12.8 Å². The van der Waals surface area contributed by atoms with Gasteiger partial charge in [-0.25, -0.2) is 4.79 Å². The Kier molecular flexibility index (Phi) is 8.46. The van der Waals surface area contributed by atoms with E-state index >= 15 is 0 Å². The third-order valence-corrected chi connectivity index (χ3v) is 5.89. The van der Waals surface area contributed by atoms with Crippen LogP contribution in [0.1, 0.15) is 67.9 Å². The molecule has 2 nitrogen and oxygen atoms in total. The van der Waals surface area contributed by atoms with Crippen molar-refractivity contribution in [3.63, 3.8) is 0 Å². The first kappa shape index (κ1) is 22.8. The molecule has 0 amide bonds. The lowest BCUT2D eigenvalue weighted by molar-refractivity contribution is 0.0734. The number of unbranched alkanes of at least 4 members (excludes halogenated alkanes) is 2. The van der Waals surface area contributed by atoms with Gasteiger partial charge in [-0.05, 0) is 71.7 Å². The van der Waals surface area contributed by atoms with Crippen LogP contribution in [0.5, 0.6) is 5.75 Å². The molecule has 0 saturated carbocycles. The second-order valence-electron chi connectivity index (χ2n) is 8.48. The van der Waals surface area contributed by atoms with Gasteiger partial charge in [0.05, 0.1) is 5.56 Å². The number of benzene rings is 3. The van der Waals surface area contributed by atoms with Gasteiger partial charge in [-0.15, -0.1) is 0 Å². The fraction of sp³-hybridized carbons (Fsp3) is 0.345. The third-order valence-electron chi connectivity index (χ3n) is 5.89. The van der Waals surface area contributed by atoms with Crippen molar-refractivity contribution in [2.24, 2.45) is 5.92 Å². The highest BCUT2D eigenvalue weighted by Crippen LogP contribution is 2.23. The van der Waals surface area contributed by atoms with Crippen molar-refractivity contribution in [2.45, 2.75) is 59.3 Å². The van der Waals surface area contributed by atoms with Crippen molar-refractivity contribution in [3.8, 4) is 16.9 Å². The van der Waals surface area contributed by atoms with Crippen LogP contribution in [0.4, 0.5) is 0 Å². The highest BCUT2D eigenvalue weighted by atomic mass is 16.5. The summed E-state index contributed by atoms with van der Waals surface area (Å²) in [6.45, 7) is 6.72. The monoisotopic (exact) mass is 414 g/mol. The second-order valence-corrected chi connectivity index (χ2v) is 8.48. The van der Waals surface area contributed by atoms with Crippen LogP contribution in [0, 0.1) is 5.92 Å². The predicted molar refractivity (Wildman–Crippen MR) is 130 cm³/mol. The maximum Gasteiger partial charge on any atom is 0.343 e. The highest BCUT2D eigenvalue weighted by molar-refractivity contribution is 5.91. The first-order valence-corrected chi connectivity index (χ1v) is 11.6. The quantitative estimate of drug-likeness (QED) is 0.191. The Labute approximate surface area is 187 Å². The molecule has 3 aromatic carbocycles. The zero-order valence-electron chi connectivity index (χ0n) is 19.1. The van der Waals surface area contributed by atoms with Crippen LogP contribution < -0.4 is 4.74 Å². The number of hydrogen-bond acceptors (Lipinski definition) is 2. The van der Waals surface area contributed by atoms with Crippen molar-refractivity contribution >= 4 is 5.97 Å². The van der Waals surface area contributed by atoms with E-state index in [9.17, 15) is 4.79 Å². The standard InChI is InChI=1S/C29H34O2/c1-4-6-7-8-23-11-19-28(20-12-23)31-29(30)27-17-15-26(16-18-27)25-13-9-24(10-14-25)21-22(3)5-2/h9-20,22H,4-8,21H2,1-3H3. The lowest BCUT2D eigenvalue weighted by atomic mass is 9.96. The molecule has 0 saturated heterocycles. The summed E-state index contributed by atoms with van der Waals surface area (Å²) in [5.41, 5.74) is 5.47. The van der Waals surface area contributed by atoms with E-state index in [1.54, 1.807) is 0 Å². The zero-order chi connectivity index (χ0) is 22.1. The van der Waals surface area contributed by atoms with Gasteiger partial charge in [0.15, 0.2) is 0 Å². The van der Waals surface area contributed by atoms with Crippen LogP contribution in [0.3, 0.4) is 0 Å². The van der Waals surface area contributed by atoms with E-state index in [1.165, 1.54) is 36.8 Å². The number of rotatable bonds is 10. The molecule has 0 heterocycles. The number of hydrogen-bond donors (Lipinski definition) is 0. The minimum atomic E-state index is -0.325. The summed E-state index contributed by atoms with van der Waals surface area (Å²) in [7, 11) is 0. The molecule has 0 radical (unpaired) electrons. The third kappa shape index (κ3) is 6.82. The van der Waals surface area contributed by atoms with Crippen molar-refractivity contribution in [2.75, 3.05) is 0 Å². The molecule has 0 aromatic heterocycles. The average molecular weight is 415 g/mol. The highest BCUT2D eigenvalue weighted by Gasteiger charge is 2.09. The van der Waals surface area contributed by atoms with E-state index in [0.717, 1.165) is 24.0 Å². The maximum atomic E-state index is 12.5. The van der Waals surface area contributed by atoms with Gasteiger partial charge >= 0.3 is 5.97 Å². The van der Waals surface area contributed by atoms with Crippen molar-refractivity contribution in [1.29, 1.82) is 0 Å². The molecule has 1 atom stereocenters. The number of ether oxygens (including phenoxy) is 1. The van der Waals surface area contributed by atoms with E-state index in [2.05, 4.69) is 45.0 Å². The molecular weight excluding hydrogens is 380 g/mol. The minimum Gasteiger partial charge on any atom is -0.423 e. The van der Waals surface area contributed by atoms with E-state index in [-0.39, 0.29) is 5.97 Å². The number of esters is 1. The molecule has 3 rings (SSSR count). The Bertz CT molecular complexity index is 938. The van der Waals surface area contributed by atoms with Crippen LogP contribution >= 0.6 is 0 Å². The molecule has 0 fully saturated rings. The fourth-order valence-electron chi connectivity index (χ4n) is 3.65. The molecule has 162 valence electrons. The summed E-state index contributed by atoms with van der Waals surface area (Å²) in [4.78, 5) is 12.5. The largest absolute Gasteiger partial charge is 0.423 e. The SMILES string of the molecule is CCCCCc1ccc(OC(=O)c2ccc(-c3ccc(CC(C)CC)cc3)cc2)cc1. The molecule has 2 heteroatoms. The smallest absolute Gasteiger partial charge is 0.343 e. The normalized spacial score (nSPS) is 11.8. The van der Waals surface area contributed by atoms with Crippen molar-refractivity contribution in [1.82, 2.24) is 0 Å². The molecule has 3 aromatic rings. The Balaban J connectivity index is 1.58. The molecular formula is C29H34O2. The Morgan fingerprint density at radius 1 is 0.774 bits per heavy atom. The lowest BCUT2D eigenvalue weighted by Gasteiger charge is -2.10. The molecule has 0 aliphatic carbocycles. The van der Waals surface area contributed by atoms with Crippen LogP contribution in [0.2, 0.25) is 0 Å². The number of aryl methyl sites for hydroxylation is 1. The Morgan fingerprint density at radius 2 is 1.35 bits per heavy atom. The summed E-state index contributed by atoms with van der Waals surface area (Å²) < 4.78 is 5.55. The van der Waals surface area contributed by atoms with Gasteiger partial charge in [0.1, 0.15) is 5.75 Å². The molecule has 1 unspecified atom stereocenters. The predicted octanol–water partition coefficient (Wildman–Crippen LogP) is 7.89. The summed E-state index contributed by atoms with van der Waals surface area (Å²) in [6, 6.07) is 24.2. The van der Waals surface area contributed by atoms with Crippen LogP contribution in [0.15, 0.2) is 72.8 Å². The van der Waals surface area contributed by atoms with Crippen molar-refractivity contribution in [3.05, 3.63) is 89.5 Å². The van der Waals surface area contributed by atoms with Crippen LogP contribution in [-0.4, -0.2) is 5.97 Å². The van der Waals surface area contributed by atoms with E-state index in [4.69, 9.17) is 4.74 Å². The van der Waals surface area contributed by atoms with Gasteiger partial charge in [0.25, 0.3) is 0 Å². The number of carbonyl (C=O) groups excluding carboxylic acids is 1. The van der Waals surface area contributed by atoms with Gasteiger partial charge in [0.2, 0.25) is 0 Å². The van der Waals surface area contributed by atoms with E-state index in [1.807, 2.05) is 48.5 Å². The van der Waals surface area contributed by atoms with Gasteiger partial charge in [-0.1, -0.05) is 88.6 Å². The average Bonchev–Trinajstić information content (AvgIpc) is 2.81. The molecule has 0 bridgehead atoms. The molecule has 0 aliphatic heterocycles. The van der Waals surface area contributed by atoms with Crippen LogP contribution in [0.25, 0.3) is 11.1 Å². The van der Waals surface area contributed by atoms with E-state index < -0.39 is 0 Å².